The average Bonchev–Trinajstić information content (AvgIpc) is 2.99. The van der Waals surface area contributed by atoms with Crippen LogP contribution in [-0.4, -0.2) is 22.1 Å². The molecule has 156 valence electrons. The fourth-order valence-electron chi connectivity index (χ4n) is 3.78. The first-order valence-electron chi connectivity index (χ1n) is 10.6. The Labute approximate surface area is 175 Å². The Balaban J connectivity index is 1.45. The number of amides is 1. The summed E-state index contributed by atoms with van der Waals surface area (Å²) < 4.78 is 7.43. The van der Waals surface area contributed by atoms with Crippen LogP contribution in [0.3, 0.4) is 0 Å². The predicted molar refractivity (Wildman–Crippen MR) is 118 cm³/mol. The van der Waals surface area contributed by atoms with Crippen molar-refractivity contribution < 1.29 is 9.53 Å². The SMILES string of the molecule is CC(C)c1ccc(NC(=O)COc2ccc3nc4n(c(=O)c3c2)CCCCC4)cc1. The molecule has 30 heavy (non-hydrogen) atoms. The molecule has 1 aromatic heterocycles. The van der Waals surface area contributed by atoms with Crippen molar-refractivity contribution in [1.82, 2.24) is 9.55 Å². The van der Waals surface area contributed by atoms with Crippen LogP contribution >= 0.6 is 0 Å². The van der Waals surface area contributed by atoms with Crippen LogP contribution in [0.2, 0.25) is 0 Å². The highest BCUT2D eigenvalue weighted by atomic mass is 16.5. The number of hydrogen-bond acceptors (Lipinski definition) is 4. The Morgan fingerprint density at radius 2 is 1.93 bits per heavy atom. The van der Waals surface area contributed by atoms with Crippen LogP contribution in [0.5, 0.6) is 5.75 Å². The molecule has 6 heteroatoms. The van der Waals surface area contributed by atoms with E-state index < -0.39 is 0 Å². The molecule has 0 saturated heterocycles. The Bertz CT molecular complexity index is 1120. The van der Waals surface area contributed by atoms with E-state index in [1.54, 1.807) is 22.8 Å². The maximum Gasteiger partial charge on any atom is 0.262 e. The molecule has 0 spiro atoms. The third-order valence-corrected chi connectivity index (χ3v) is 5.52. The molecular formula is C24H27N3O3. The van der Waals surface area contributed by atoms with Crippen molar-refractivity contribution in [3.8, 4) is 5.75 Å². The zero-order valence-electron chi connectivity index (χ0n) is 17.5. The zero-order valence-corrected chi connectivity index (χ0v) is 17.5. The number of carbonyl (C=O) groups is 1. The van der Waals surface area contributed by atoms with Crippen molar-refractivity contribution in [1.29, 1.82) is 0 Å². The van der Waals surface area contributed by atoms with Crippen LogP contribution in [0.1, 0.15) is 50.4 Å². The van der Waals surface area contributed by atoms with Crippen molar-refractivity contribution in [2.75, 3.05) is 11.9 Å². The fraction of sp³-hybridized carbons (Fsp3) is 0.375. The number of aromatic nitrogens is 2. The number of nitrogens with one attached hydrogen (secondary N) is 1. The molecule has 1 N–H and O–H groups in total. The maximum absolute atomic E-state index is 12.9. The van der Waals surface area contributed by atoms with E-state index in [4.69, 9.17) is 4.74 Å². The number of aryl methyl sites for hydroxylation is 1. The van der Waals surface area contributed by atoms with Crippen molar-refractivity contribution in [2.24, 2.45) is 0 Å². The van der Waals surface area contributed by atoms with Crippen molar-refractivity contribution >= 4 is 22.5 Å². The maximum atomic E-state index is 12.9. The number of anilines is 1. The average molecular weight is 405 g/mol. The van der Waals surface area contributed by atoms with E-state index in [9.17, 15) is 9.59 Å². The highest BCUT2D eigenvalue weighted by molar-refractivity contribution is 5.92. The summed E-state index contributed by atoms with van der Waals surface area (Å²) in [6, 6.07) is 13.0. The second-order valence-corrected chi connectivity index (χ2v) is 8.09. The molecule has 0 atom stereocenters. The van der Waals surface area contributed by atoms with Gasteiger partial charge in [0.25, 0.3) is 11.5 Å². The Morgan fingerprint density at radius 1 is 1.13 bits per heavy atom. The lowest BCUT2D eigenvalue weighted by atomic mass is 10.0. The molecule has 1 amide bonds. The molecule has 0 bridgehead atoms. The summed E-state index contributed by atoms with van der Waals surface area (Å²) >= 11 is 0. The van der Waals surface area contributed by atoms with E-state index in [-0.39, 0.29) is 18.1 Å². The van der Waals surface area contributed by atoms with Gasteiger partial charge in [0, 0.05) is 18.7 Å². The topological polar surface area (TPSA) is 73.2 Å². The first kappa shape index (κ1) is 20.1. The van der Waals surface area contributed by atoms with Crippen molar-refractivity contribution in [3.05, 3.63) is 64.2 Å². The summed E-state index contributed by atoms with van der Waals surface area (Å²) in [6.07, 6.45) is 4.01. The van der Waals surface area contributed by atoms with Gasteiger partial charge in [-0.05, 0) is 54.7 Å². The molecule has 0 radical (unpaired) electrons. The molecule has 0 fully saturated rings. The lowest BCUT2D eigenvalue weighted by Crippen LogP contribution is -2.24. The molecule has 6 nitrogen and oxygen atoms in total. The molecule has 2 heterocycles. The van der Waals surface area contributed by atoms with Gasteiger partial charge in [-0.2, -0.15) is 0 Å². The summed E-state index contributed by atoms with van der Waals surface area (Å²) in [5, 5.41) is 3.36. The number of benzene rings is 2. The molecule has 1 aliphatic rings. The number of fused-ring (bicyclic) bond motifs is 2. The summed E-state index contributed by atoms with van der Waals surface area (Å²) in [5.74, 6) is 1.55. The van der Waals surface area contributed by atoms with Crippen LogP contribution in [-0.2, 0) is 17.8 Å². The van der Waals surface area contributed by atoms with Crippen LogP contribution in [0.25, 0.3) is 10.9 Å². The molecule has 3 aromatic rings. The van der Waals surface area contributed by atoms with Crippen LogP contribution in [0.4, 0.5) is 5.69 Å². The van der Waals surface area contributed by atoms with Gasteiger partial charge in [-0.1, -0.05) is 32.4 Å². The lowest BCUT2D eigenvalue weighted by Gasteiger charge is -2.12. The first-order valence-corrected chi connectivity index (χ1v) is 10.6. The van der Waals surface area contributed by atoms with Gasteiger partial charge in [-0.3, -0.25) is 14.2 Å². The van der Waals surface area contributed by atoms with Crippen molar-refractivity contribution in [2.45, 2.75) is 52.0 Å². The molecule has 4 rings (SSSR count). The van der Waals surface area contributed by atoms with Gasteiger partial charge < -0.3 is 10.1 Å². The van der Waals surface area contributed by atoms with Gasteiger partial charge in [0.2, 0.25) is 0 Å². The summed E-state index contributed by atoms with van der Waals surface area (Å²) in [7, 11) is 0. The van der Waals surface area contributed by atoms with E-state index in [0.29, 0.717) is 29.1 Å². The van der Waals surface area contributed by atoms with Gasteiger partial charge in [-0.15, -0.1) is 0 Å². The fourth-order valence-corrected chi connectivity index (χ4v) is 3.78. The van der Waals surface area contributed by atoms with E-state index >= 15 is 0 Å². The predicted octanol–water partition coefficient (Wildman–Crippen LogP) is 4.26. The normalized spacial score (nSPS) is 13.7. The van der Waals surface area contributed by atoms with Crippen LogP contribution in [0, 0.1) is 0 Å². The van der Waals surface area contributed by atoms with E-state index in [0.717, 1.165) is 37.2 Å². The molecule has 1 aliphatic heterocycles. The number of rotatable bonds is 5. The standard InChI is InChI=1S/C24H27N3O3/c1-16(2)17-7-9-18(10-8-17)25-23(28)15-30-19-11-12-21-20(14-19)24(29)27-13-5-3-4-6-22(27)26-21/h7-12,14,16H,3-6,13,15H2,1-2H3,(H,25,28). The number of ether oxygens (including phenoxy) is 1. The smallest absolute Gasteiger partial charge is 0.262 e. The molecular weight excluding hydrogens is 378 g/mol. The summed E-state index contributed by atoms with van der Waals surface area (Å²) in [5.41, 5.74) is 2.60. The van der Waals surface area contributed by atoms with Crippen molar-refractivity contribution in [3.63, 3.8) is 0 Å². The Morgan fingerprint density at radius 3 is 2.70 bits per heavy atom. The summed E-state index contributed by atoms with van der Waals surface area (Å²) in [4.78, 5) is 29.8. The Kier molecular flexibility index (Phi) is 5.84. The number of carbonyl (C=O) groups excluding carboxylic acids is 1. The second-order valence-electron chi connectivity index (χ2n) is 8.09. The highest BCUT2D eigenvalue weighted by Gasteiger charge is 2.14. The third-order valence-electron chi connectivity index (χ3n) is 5.52. The van der Waals surface area contributed by atoms with Gasteiger partial charge in [0.05, 0.1) is 10.9 Å². The molecule has 2 aromatic carbocycles. The minimum Gasteiger partial charge on any atom is -0.484 e. The van der Waals surface area contributed by atoms with Gasteiger partial charge in [-0.25, -0.2) is 4.98 Å². The summed E-state index contributed by atoms with van der Waals surface area (Å²) in [6.45, 7) is 4.84. The largest absolute Gasteiger partial charge is 0.484 e. The van der Waals surface area contributed by atoms with E-state index in [1.807, 2.05) is 24.3 Å². The lowest BCUT2D eigenvalue weighted by molar-refractivity contribution is -0.118. The number of nitrogens with zero attached hydrogens (tertiary/aromatic N) is 2. The van der Waals surface area contributed by atoms with Crippen LogP contribution in [0.15, 0.2) is 47.3 Å². The van der Waals surface area contributed by atoms with Crippen LogP contribution < -0.4 is 15.6 Å². The van der Waals surface area contributed by atoms with Gasteiger partial charge in [0.1, 0.15) is 11.6 Å². The van der Waals surface area contributed by atoms with E-state index in [2.05, 4.69) is 24.1 Å². The monoisotopic (exact) mass is 405 g/mol. The second kappa shape index (κ2) is 8.69. The third kappa shape index (κ3) is 4.37. The Hall–Kier alpha value is -3.15. The van der Waals surface area contributed by atoms with E-state index in [1.165, 1.54) is 5.56 Å². The van der Waals surface area contributed by atoms with Gasteiger partial charge in [0.15, 0.2) is 6.61 Å². The number of hydrogen-bond donors (Lipinski definition) is 1. The molecule has 0 aliphatic carbocycles. The highest BCUT2D eigenvalue weighted by Crippen LogP contribution is 2.20. The minimum atomic E-state index is -0.246. The zero-order chi connectivity index (χ0) is 21.1. The first-order chi connectivity index (χ1) is 14.5. The quantitative estimate of drug-likeness (QED) is 0.688. The van der Waals surface area contributed by atoms with Gasteiger partial charge >= 0.3 is 0 Å². The minimum absolute atomic E-state index is 0.0305. The molecule has 0 saturated carbocycles. The molecule has 0 unspecified atom stereocenters.